The monoisotopic (exact) mass is 369 g/mol. The van der Waals surface area contributed by atoms with E-state index < -0.39 is 5.41 Å². The summed E-state index contributed by atoms with van der Waals surface area (Å²) in [5.74, 6) is 1.64. The van der Waals surface area contributed by atoms with Crippen molar-refractivity contribution in [1.82, 2.24) is 10.2 Å². The summed E-state index contributed by atoms with van der Waals surface area (Å²) in [6.07, 6.45) is 2.92. The van der Waals surface area contributed by atoms with Crippen LogP contribution in [0.4, 0.5) is 0 Å². The first-order chi connectivity index (χ1) is 9.86. The van der Waals surface area contributed by atoms with Gasteiger partial charge < -0.3 is 16.0 Å². The molecular formula is C17H37Cl2N3O. The van der Waals surface area contributed by atoms with Crippen LogP contribution in [0, 0.1) is 17.3 Å². The molecule has 0 radical (unpaired) electrons. The minimum Gasteiger partial charge on any atom is -0.352 e. The largest absolute Gasteiger partial charge is 0.352 e. The predicted octanol–water partition coefficient (Wildman–Crippen LogP) is 3.08. The summed E-state index contributed by atoms with van der Waals surface area (Å²) in [5, 5.41) is 3.19. The van der Waals surface area contributed by atoms with Crippen LogP contribution in [-0.2, 0) is 4.79 Å². The first-order valence-electron chi connectivity index (χ1n) is 8.60. The van der Waals surface area contributed by atoms with Crippen molar-refractivity contribution in [2.75, 3.05) is 26.2 Å². The molecule has 0 saturated carbocycles. The topological polar surface area (TPSA) is 58.4 Å². The summed E-state index contributed by atoms with van der Waals surface area (Å²) in [6, 6.07) is 0.180. The number of likely N-dealkylation sites (tertiary alicyclic amines) is 1. The average molecular weight is 370 g/mol. The van der Waals surface area contributed by atoms with Crippen LogP contribution in [0.25, 0.3) is 0 Å². The maximum atomic E-state index is 12.5. The molecule has 1 heterocycles. The van der Waals surface area contributed by atoms with Crippen molar-refractivity contribution in [3.8, 4) is 0 Å². The Labute approximate surface area is 155 Å². The van der Waals surface area contributed by atoms with Crippen molar-refractivity contribution in [3.63, 3.8) is 0 Å². The first kappa shape index (κ1) is 25.2. The zero-order valence-electron chi connectivity index (χ0n) is 15.4. The van der Waals surface area contributed by atoms with Gasteiger partial charge in [0.05, 0.1) is 5.41 Å². The number of halogens is 2. The van der Waals surface area contributed by atoms with Gasteiger partial charge in [0.2, 0.25) is 5.91 Å². The third-order valence-electron chi connectivity index (χ3n) is 5.08. The average Bonchev–Trinajstić information content (AvgIpc) is 2.39. The van der Waals surface area contributed by atoms with E-state index in [9.17, 15) is 4.79 Å². The van der Waals surface area contributed by atoms with Gasteiger partial charge in [-0.15, -0.1) is 24.8 Å². The number of nitrogens with two attached hydrogens (primary N) is 1. The lowest BCUT2D eigenvalue weighted by Gasteiger charge is -2.37. The molecule has 3 atom stereocenters. The molecule has 0 aromatic rings. The summed E-state index contributed by atoms with van der Waals surface area (Å²) in [4.78, 5) is 15.0. The Morgan fingerprint density at radius 2 is 1.70 bits per heavy atom. The molecule has 1 fully saturated rings. The van der Waals surface area contributed by atoms with Gasteiger partial charge in [-0.3, -0.25) is 4.79 Å². The maximum absolute atomic E-state index is 12.5. The SMILES string of the molecule is CCC(CC)(CN)C(=O)NC(C)CN1CC(C)CC(C)C1.Cl.Cl. The van der Waals surface area contributed by atoms with Crippen molar-refractivity contribution < 1.29 is 4.79 Å². The van der Waals surface area contributed by atoms with E-state index in [2.05, 4.69) is 44.8 Å². The van der Waals surface area contributed by atoms with Crippen molar-refractivity contribution in [3.05, 3.63) is 0 Å². The normalized spacial score (nSPS) is 23.4. The molecule has 4 nitrogen and oxygen atoms in total. The lowest BCUT2D eigenvalue weighted by atomic mass is 9.81. The molecule has 0 aromatic carbocycles. The molecule has 1 amide bonds. The van der Waals surface area contributed by atoms with Crippen molar-refractivity contribution in [2.24, 2.45) is 23.0 Å². The lowest BCUT2D eigenvalue weighted by molar-refractivity contribution is -0.131. The smallest absolute Gasteiger partial charge is 0.227 e. The minimum absolute atomic E-state index is 0. The highest BCUT2D eigenvalue weighted by Crippen LogP contribution is 2.25. The summed E-state index contributed by atoms with van der Waals surface area (Å²) >= 11 is 0. The van der Waals surface area contributed by atoms with Gasteiger partial charge in [-0.2, -0.15) is 0 Å². The van der Waals surface area contributed by atoms with E-state index in [1.807, 2.05) is 0 Å². The second-order valence-corrected chi connectivity index (χ2v) is 7.23. The predicted molar refractivity (Wildman–Crippen MR) is 104 cm³/mol. The lowest BCUT2D eigenvalue weighted by Crippen LogP contribution is -2.52. The molecular weight excluding hydrogens is 333 g/mol. The molecule has 140 valence electrons. The highest BCUT2D eigenvalue weighted by Gasteiger charge is 2.34. The van der Waals surface area contributed by atoms with Crippen LogP contribution in [-0.4, -0.2) is 43.0 Å². The van der Waals surface area contributed by atoms with Gasteiger partial charge in [0.25, 0.3) is 0 Å². The van der Waals surface area contributed by atoms with Crippen LogP contribution in [0.3, 0.4) is 0 Å². The molecule has 6 heteroatoms. The molecule has 1 rings (SSSR count). The van der Waals surface area contributed by atoms with E-state index >= 15 is 0 Å². The third-order valence-corrected chi connectivity index (χ3v) is 5.08. The van der Waals surface area contributed by atoms with E-state index in [0.29, 0.717) is 6.54 Å². The number of hydrogen-bond donors (Lipinski definition) is 2. The molecule has 0 spiro atoms. The number of hydrogen-bond acceptors (Lipinski definition) is 3. The molecule has 3 unspecified atom stereocenters. The zero-order chi connectivity index (χ0) is 16.0. The van der Waals surface area contributed by atoms with Gasteiger partial charge in [0.1, 0.15) is 0 Å². The van der Waals surface area contributed by atoms with Crippen LogP contribution in [0.1, 0.15) is 53.9 Å². The number of amides is 1. The Balaban J connectivity index is 0. The van der Waals surface area contributed by atoms with Gasteiger partial charge in [-0.25, -0.2) is 0 Å². The van der Waals surface area contributed by atoms with Crippen molar-refractivity contribution in [1.29, 1.82) is 0 Å². The van der Waals surface area contributed by atoms with Crippen molar-refractivity contribution >= 4 is 30.7 Å². The fourth-order valence-electron chi connectivity index (χ4n) is 3.70. The fourth-order valence-corrected chi connectivity index (χ4v) is 3.70. The Morgan fingerprint density at radius 3 is 2.09 bits per heavy atom. The van der Waals surface area contributed by atoms with Crippen molar-refractivity contribution in [2.45, 2.75) is 59.9 Å². The zero-order valence-corrected chi connectivity index (χ0v) is 17.1. The minimum atomic E-state index is -0.392. The number of rotatable bonds is 7. The number of nitrogens with one attached hydrogen (secondary N) is 1. The fraction of sp³-hybridized carbons (Fsp3) is 0.941. The Morgan fingerprint density at radius 1 is 1.22 bits per heavy atom. The quantitative estimate of drug-likeness (QED) is 0.724. The van der Waals surface area contributed by atoms with Gasteiger partial charge in [-0.05, 0) is 38.0 Å². The standard InChI is InChI=1S/C17H35N3O.2ClH/c1-6-17(7-2,12-18)16(21)19-15(5)11-20-9-13(3)8-14(4)10-20;;/h13-15H,6-12,18H2,1-5H3,(H,19,21);2*1H. The first-order valence-corrected chi connectivity index (χ1v) is 8.60. The summed E-state index contributed by atoms with van der Waals surface area (Å²) in [7, 11) is 0. The molecule has 1 aliphatic rings. The van der Waals surface area contributed by atoms with E-state index in [4.69, 9.17) is 5.73 Å². The van der Waals surface area contributed by atoms with Crippen LogP contribution >= 0.6 is 24.8 Å². The number of carbonyl (C=O) groups excluding carboxylic acids is 1. The van der Waals surface area contributed by atoms with Gasteiger partial charge >= 0.3 is 0 Å². The van der Waals surface area contributed by atoms with E-state index in [1.165, 1.54) is 6.42 Å². The molecule has 1 aliphatic heterocycles. The summed E-state index contributed by atoms with van der Waals surface area (Å²) in [5.41, 5.74) is 5.46. The number of nitrogens with zero attached hydrogens (tertiary/aromatic N) is 1. The molecule has 3 N–H and O–H groups in total. The highest BCUT2D eigenvalue weighted by atomic mass is 35.5. The number of carbonyl (C=O) groups is 1. The maximum Gasteiger partial charge on any atom is 0.227 e. The Bertz CT molecular complexity index is 320. The van der Waals surface area contributed by atoms with E-state index in [-0.39, 0.29) is 36.8 Å². The van der Waals surface area contributed by atoms with Crippen LogP contribution in [0.2, 0.25) is 0 Å². The Kier molecular flexibility index (Phi) is 12.6. The van der Waals surface area contributed by atoms with Crippen LogP contribution in [0.15, 0.2) is 0 Å². The van der Waals surface area contributed by atoms with Gasteiger partial charge in [-0.1, -0.05) is 27.7 Å². The van der Waals surface area contributed by atoms with Gasteiger partial charge in [0, 0.05) is 32.2 Å². The van der Waals surface area contributed by atoms with Crippen LogP contribution < -0.4 is 11.1 Å². The number of piperidine rings is 1. The molecule has 1 saturated heterocycles. The second kappa shape index (κ2) is 11.5. The van der Waals surface area contributed by atoms with Crippen LogP contribution in [0.5, 0.6) is 0 Å². The highest BCUT2D eigenvalue weighted by molar-refractivity contribution is 5.85. The molecule has 0 aliphatic carbocycles. The second-order valence-electron chi connectivity index (χ2n) is 7.23. The Hall–Kier alpha value is -0.0300. The van der Waals surface area contributed by atoms with E-state index in [0.717, 1.165) is 44.3 Å². The molecule has 23 heavy (non-hydrogen) atoms. The third kappa shape index (κ3) is 7.16. The molecule has 0 aromatic heterocycles. The van der Waals surface area contributed by atoms with E-state index in [1.54, 1.807) is 0 Å². The summed E-state index contributed by atoms with van der Waals surface area (Å²) < 4.78 is 0. The molecule has 0 bridgehead atoms. The summed E-state index contributed by atoms with van der Waals surface area (Å²) in [6.45, 7) is 14.5. The van der Waals surface area contributed by atoms with Gasteiger partial charge in [0.15, 0.2) is 0 Å².